The summed E-state index contributed by atoms with van der Waals surface area (Å²) in [5.74, 6) is 0.204. The molecule has 0 heterocycles. The Morgan fingerprint density at radius 2 is 1.41 bits per heavy atom. The van der Waals surface area contributed by atoms with E-state index in [-0.39, 0.29) is 22.0 Å². The quantitative estimate of drug-likeness (QED) is 0.345. The third kappa shape index (κ3) is 5.26. The van der Waals surface area contributed by atoms with Crippen LogP contribution in [0.1, 0.15) is 16.7 Å². The Morgan fingerprint density at radius 1 is 0.824 bits per heavy atom. The van der Waals surface area contributed by atoms with Crippen molar-refractivity contribution in [1.82, 2.24) is 0 Å². The lowest BCUT2D eigenvalue weighted by Crippen LogP contribution is -2.08. The summed E-state index contributed by atoms with van der Waals surface area (Å²) in [5.41, 5.74) is 1.47. The molecule has 0 aliphatic heterocycles. The molecule has 0 amide bonds. The van der Waals surface area contributed by atoms with Gasteiger partial charge in [0, 0.05) is 5.56 Å². The highest BCUT2D eigenvalue weighted by atomic mass is 32.2. The van der Waals surface area contributed by atoms with Gasteiger partial charge in [0.25, 0.3) is 0 Å². The van der Waals surface area contributed by atoms with Crippen molar-refractivity contribution in [2.75, 3.05) is 28.4 Å². The smallest absolute Gasteiger partial charge is 0.203 e. The molecule has 3 rings (SSSR count). The molecule has 0 atom stereocenters. The van der Waals surface area contributed by atoms with E-state index in [1.165, 1.54) is 46.6 Å². The SMILES string of the molecule is COc1cc(/C=C\c2ccc(O)c(OC)c2CS(=O)(=O)c2ccc(F)cc2)cc(OC)c1OC. The Morgan fingerprint density at radius 3 is 1.94 bits per heavy atom. The molecule has 0 saturated heterocycles. The Bertz CT molecular complexity index is 1270. The number of sulfone groups is 1. The predicted molar refractivity (Wildman–Crippen MR) is 127 cm³/mol. The van der Waals surface area contributed by atoms with Gasteiger partial charge in [-0.15, -0.1) is 0 Å². The molecule has 34 heavy (non-hydrogen) atoms. The van der Waals surface area contributed by atoms with Crippen molar-refractivity contribution >= 4 is 22.0 Å². The van der Waals surface area contributed by atoms with Gasteiger partial charge in [0.2, 0.25) is 5.75 Å². The second kappa shape index (κ2) is 10.5. The standard InChI is InChI=1S/C25H25FO7S/c1-30-22-13-16(14-23(31-2)25(22)33-4)5-6-17-7-12-21(27)24(32-3)20(17)15-34(28,29)19-10-8-18(26)9-11-19/h5-14,27H,15H2,1-4H3/b6-5-. The third-order valence-corrected chi connectivity index (χ3v) is 6.79. The van der Waals surface area contributed by atoms with Crippen LogP contribution in [0.3, 0.4) is 0 Å². The topological polar surface area (TPSA) is 91.3 Å². The van der Waals surface area contributed by atoms with Crippen molar-refractivity contribution in [2.45, 2.75) is 10.6 Å². The zero-order valence-corrected chi connectivity index (χ0v) is 20.0. The van der Waals surface area contributed by atoms with Crippen LogP contribution < -0.4 is 18.9 Å². The molecule has 0 bridgehead atoms. The first-order valence-electron chi connectivity index (χ1n) is 10.1. The average molecular weight is 489 g/mol. The number of rotatable bonds is 9. The molecule has 7 nitrogen and oxygen atoms in total. The van der Waals surface area contributed by atoms with Gasteiger partial charge in [0.05, 0.1) is 39.1 Å². The van der Waals surface area contributed by atoms with Crippen molar-refractivity contribution in [1.29, 1.82) is 0 Å². The molecule has 0 aliphatic carbocycles. The minimum Gasteiger partial charge on any atom is -0.504 e. The van der Waals surface area contributed by atoms with Gasteiger partial charge >= 0.3 is 0 Å². The summed E-state index contributed by atoms with van der Waals surface area (Å²) < 4.78 is 60.7. The molecule has 0 fully saturated rings. The summed E-state index contributed by atoms with van der Waals surface area (Å²) in [6.07, 6.45) is 3.43. The first-order valence-corrected chi connectivity index (χ1v) is 11.7. The number of phenols is 1. The summed E-state index contributed by atoms with van der Waals surface area (Å²) in [6.45, 7) is 0. The second-order valence-electron chi connectivity index (χ2n) is 7.19. The van der Waals surface area contributed by atoms with Gasteiger partial charge in [0.1, 0.15) is 5.82 Å². The summed E-state index contributed by atoms with van der Waals surface area (Å²) in [7, 11) is 2.00. The van der Waals surface area contributed by atoms with E-state index >= 15 is 0 Å². The number of hydrogen-bond donors (Lipinski definition) is 1. The largest absolute Gasteiger partial charge is 0.504 e. The van der Waals surface area contributed by atoms with Crippen LogP contribution in [0.25, 0.3) is 12.2 Å². The maximum atomic E-state index is 13.3. The van der Waals surface area contributed by atoms with Crippen LogP contribution in [0, 0.1) is 5.82 Å². The number of aromatic hydroxyl groups is 1. The molecule has 0 unspecified atom stereocenters. The van der Waals surface area contributed by atoms with Crippen LogP contribution in [0.5, 0.6) is 28.7 Å². The van der Waals surface area contributed by atoms with Gasteiger partial charge in [-0.1, -0.05) is 18.2 Å². The molecule has 9 heteroatoms. The number of hydrogen-bond acceptors (Lipinski definition) is 7. The molecule has 0 spiro atoms. The number of methoxy groups -OCH3 is 4. The van der Waals surface area contributed by atoms with Gasteiger partial charge in [-0.3, -0.25) is 0 Å². The van der Waals surface area contributed by atoms with Gasteiger partial charge in [0.15, 0.2) is 32.8 Å². The van der Waals surface area contributed by atoms with Crippen LogP contribution in [0.2, 0.25) is 0 Å². The molecule has 3 aromatic rings. The molecule has 0 aliphatic rings. The number of halogens is 1. The van der Waals surface area contributed by atoms with E-state index in [1.807, 2.05) is 0 Å². The lowest BCUT2D eigenvalue weighted by Gasteiger charge is -2.15. The van der Waals surface area contributed by atoms with Crippen LogP contribution in [0.4, 0.5) is 4.39 Å². The monoisotopic (exact) mass is 488 g/mol. The van der Waals surface area contributed by atoms with E-state index in [1.54, 1.807) is 30.4 Å². The van der Waals surface area contributed by atoms with E-state index in [9.17, 15) is 17.9 Å². The van der Waals surface area contributed by atoms with Crippen LogP contribution in [-0.4, -0.2) is 42.0 Å². The van der Waals surface area contributed by atoms with Gasteiger partial charge < -0.3 is 24.1 Å². The number of phenolic OH excluding ortho intramolecular Hbond substituents is 1. The minimum absolute atomic E-state index is 0.0396. The maximum Gasteiger partial charge on any atom is 0.203 e. The first kappa shape index (κ1) is 24.9. The summed E-state index contributed by atoms with van der Waals surface area (Å²) >= 11 is 0. The Labute approximate surface area is 197 Å². The number of benzene rings is 3. The van der Waals surface area contributed by atoms with E-state index in [4.69, 9.17) is 18.9 Å². The van der Waals surface area contributed by atoms with E-state index in [2.05, 4.69) is 0 Å². The Balaban J connectivity index is 2.07. The lowest BCUT2D eigenvalue weighted by molar-refractivity contribution is 0.324. The highest BCUT2D eigenvalue weighted by molar-refractivity contribution is 7.90. The highest BCUT2D eigenvalue weighted by Gasteiger charge is 2.22. The maximum absolute atomic E-state index is 13.3. The van der Waals surface area contributed by atoms with Crippen molar-refractivity contribution in [3.05, 3.63) is 71.0 Å². The van der Waals surface area contributed by atoms with Crippen LogP contribution in [0.15, 0.2) is 53.4 Å². The summed E-state index contributed by atoms with van der Waals surface area (Å²) in [4.78, 5) is -0.0427. The Kier molecular flexibility index (Phi) is 7.68. The zero-order valence-electron chi connectivity index (χ0n) is 19.2. The fourth-order valence-electron chi connectivity index (χ4n) is 3.46. The van der Waals surface area contributed by atoms with Crippen LogP contribution >= 0.6 is 0 Å². The molecule has 0 aromatic heterocycles. The summed E-state index contributed by atoms with van der Waals surface area (Å²) in [6, 6.07) is 11.0. The predicted octanol–water partition coefficient (Wildman–Crippen LogP) is 4.71. The summed E-state index contributed by atoms with van der Waals surface area (Å²) in [5, 5.41) is 10.3. The Hall–Kier alpha value is -3.72. The molecule has 1 N–H and O–H groups in total. The van der Waals surface area contributed by atoms with Crippen molar-refractivity contribution < 1.29 is 36.9 Å². The zero-order chi connectivity index (χ0) is 24.9. The highest BCUT2D eigenvalue weighted by Crippen LogP contribution is 2.39. The average Bonchev–Trinajstić information content (AvgIpc) is 2.83. The molecule has 180 valence electrons. The number of ether oxygens (including phenoxy) is 4. The fourth-order valence-corrected chi connectivity index (χ4v) is 4.86. The molecular weight excluding hydrogens is 463 g/mol. The molecule has 3 aromatic carbocycles. The third-order valence-electron chi connectivity index (χ3n) is 5.13. The normalized spacial score (nSPS) is 11.4. The van der Waals surface area contributed by atoms with Crippen molar-refractivity contribution in [3.63, 3.8) is 0 Å². The fraction of sp³-hybridized carbons (Fsp3) is 0.200. The minimum atomic E-state index is -3.86. The molecular formula is C25H25FO7S. The van der Waals surface area contributed by atoms with Gasteiger partial charge in [-0.25, -0.2) is 12.8 Å². The van der Waals surface area contributed by atoms with E-state index in [0.29, 0.717) is 28.4 Å². The van der Waals surface area contributed by atoms with Gasteiger partial charge in [-0.2, -0.15) is 0 Å². The lowest BCUT2D eigenvalue weighted by atomic mass is 10.0. The molecule has 0 radical (unpaired) electrons. The van der Waals surface area contributed by atoms with Crippen molar-refractivity contribution in [3.8, 4) is 28.7 Å². The van der Waals surface area contributed by atoms with Crippen LogP contribution in [-0.2, 0) is 15.6 Å². The van der Waals surface area contributed by atoms with Crippen molar-refractivity contribution in [2.24, 2.45) is 0 Å². The van der Waals surface area contributed by atoms with Gasteiger partial charge in [-0.05, 0) is 53.6 Å². The second-order valence-corrected chi connectivity index (χ2v) is 9.18. The van der Waals surface area contributed by atoms with E-state index in [0.717, 1.165) is 12.1 Å². The van der Waals surface area contributed by atoms with E-state index < -0.39 is 21.4 Å². The molecule has 0 saturated carbocycles. The first-order chi connectivity index (χ1) is 16.2.